The van der Waals surface area contributed by atoms with E-state index in [0.717, 1.165) is 31.7 Å². The third-order valence-corrected chi connectivity index (χ3v) is 2.78. The minimum Gasteiger partial charge on any atom is -0.478 e. The van der Waals surface area contributed by atoms with Crippen molar-refractivity contribution in [1.29, 1.82) is 0 Å². The zero-order valence-corrected chi connectivity index (χ0v) is 9.72. The number of hydrogen-bond acceptors (Lipinski definition) is 4. The molecule has 0 spiro atoms. The van der Waals surface area contributed by atoms with Gasteiger partial charge < -0.3 is 15.4 Å². The molecule has 1 atom stereocenters. The Kier molecular flexibility index (Phi) is 3.62. The van der Waals surface area contributed by atoms with E-state index in [2.05, 4.69) is 9.88 Å². The number of nitrogens with zero attached hydrogens (tertiary/aromatic N) is 2. The van der Waals surface area contributed by atoms with Gasteiger partial charge in [-0.15, -0.1) is 0 Å². The largest absolute Gasteiger partial charge is 0.478 e. The standard InChI is InChI=1S/C12H19N3O/c1-2-16-12-7-3-6-11(14-12)15-8-4-5-10(13)9-15/h3,6-7,10H,2,4-5,8-9,13H2,1H3. The van der Waals surface area contributed by atoms with Crippen molar-refractivity contribution >= 4 is 5.82 Å². The summed E-state index contributed by atoms with van der Waals surface area (Å²) in [4.78, 5) is 6.70. The molecular weight excluding hydrogens is 202 g/mol. The highest BCUT2D eigenvalue weighted by Crippen LogP contribution is 2.19. The molecule has 0 radical (unpaired) electrons. The molecule has 1 aliphatic heterocycles. The van der Waals surface area contributed by atoms with Crippen LogP contribution in [0, 0.1) is 0 Å². The van der Waals surface area contributed by atoms with E-state index < -0.39 is 0 Å². The number of nitrogens with two attached hydrogens (primary N) is 1. The lowest BCUT2D eigenvalue weighted by atomic mass is 10.1. The monoisotopic (exact) mass is 221 g/mol. The summed E-state index contributed by atoms with van der Waals surface area (Å²) in [6.45, 7) is 4.54. The Morgan fingerprint density at radius 1 is 1.56 bits per heavy atom. The summed E-state index contributed by atoms with van der Waals surface area (Å²) in [7, 11) is 0. The van der Waals surface area contributed by atoms with Gasteiger partial charge in [-0.25, -0.2) is 0 Å². The fourth-order valence-electron chi connectivity index (χ4n) is 2.03. The summed E-state index contributed by atoms with van der Waals surface area (Å²) < 4.78 is 5.40. The van der Waals surface area contributed by atoms with Crippen LogP contribution in [0.15, 0.2) is 18.2 Å². The van der Waals surface area contributed by atoms with Crippen molar-refractivity contribution in [3.63, 3.8) is 0 Å². The Bertz CT molecular complexity index is 343. The van der Waals surface area contributed by atoms with Crippen molar-refractivity contribution in [1.82, 2.24) is 4.98 Å². The average molecular weight is 221 g/mol. The molecular formula is C12H19N3O. The molecule has 2 heterocycles. The average Bonchev–Trinajstić information content (AvgIpc) is 2.30. The molecule has 0 aromatic carbocycles. The third kappa shape index (κ3) is 2.64. The van der Waals surface area contributed by atoms with Crippen LogP contribution in [0.2, 0.25) is 0 Å². The van der Waals surface area contributed by atoms with Crippen LogP contribution in [0.25, 0.3) is 0 Å². The zero-order valence-electron chi connectivity index (χ0n) is 9.72. The molecule has 4 nitrogen and oxygen atoms in total. The summed E-state index contributed by atoms with van der Waals surface area (Å²) in [6, 6.07) is 6.15. The van der Waals surface area contributed by atoms with Gasteiger partial charge in [0.25, 0.3) is 0 Å². The quantitative estimate of drug-likeness (QED) is 0.838. The van der Waals surface area contributed by atoms with Gasteiger partial charge in [0, 0.05) is 25.2 Å². The molecule has 88 valence electrons. The summed E-state index contributed by atoms with van der Waals surface area (Å²) in [5.41, 5.74) is 5.96. The highest BCUT2D eigenvalue weighted by molar-refractivity contribution is 5.41. The van der Waals surface area contributed by atoms with Gasteiger partial charge in [0.15, 0.2) is 0 Å². The number of pyridine rings is 1. The molecule has 2 N–H and O–H groups in total. The van der Waals surface area contributed by atoms with Crippen LogP contribution in [0.5, 0.6) is 5.88 Å². The highest BCUT2D eigenvalue weighted by atomic mass is 16.5. The topological polar surface area (TPSA) is 51.4 Å². The Balaban J connectivity index is 2.09. The van der Waals surface area contributed by atoms with Crippen molar-refractivity contribution in [3.8, 4) is 5.88 Å². The van der Waals surface area contributed by atoms with Crippen LogP contribution in [0.3, 0.4) is 0 Å². The number of rotatable bonds is 3. The summed E-state index contributed by atoms with van der Waals surface area (Å²) in [5.74, 6) is 1.67. The van der Waals surface area contributed by atoms with Crippen LogP contribution in [-0.4, -0.2) is 30.7 Å². The first-order valence-corrected chi connectivity index (χ1v) is 5.90. The Hall–Kier alpha value is -1.29. The van der Waals surface area contributed by atoms with Gasteiger partial charge in [0.05, 0.1) is 6.61 Å². The summed E-state index contributed by atoms with van der Waals surface area (Å²) in [6.07, 6.45) is 2.25. The Morgan fingerprint density at radius 3 is 3.19 bits per heavy atom. The van der Waals surface area contributed by atoms with Gasteiger partial charge in [-0.2, -0.15) is 4.98 Å². The summed E-state index contributed by atoms with van der Waals surface area (Å²) >= 11 is 0. The van der Waals surface area contributed by atoms with Gasteiger partial charge in [0.1, 0.15) is 5.82 Å². The number of anilines is 1. The fraction of sp³-hybridized carbons (Fsp3) is 0.583. The number of ether oxygens (including phenoxy) is 1. The zero-order chi connectivity index (χ0) is 11.4. The Morgan fingerprint density at radius 2 is 2.44 bits per heavy atom. The molecule has 1 aromatic heterocycles. The molecule has 0 amide bonds. The molecule has 1 aromatic rings. The predicted octanol–water partition coefficient (Wildman–Crippen LogP) is 1.41. The maximum atomic E-state index is 5.96. The van der Waals surface area contributed by atoms with E-state index in [9.17, 15) is 0 Å². The molecule has 1 fully saturated rings. The minimum atomic E-state index is 0.270. The molecule has 16 heavy (non-hydrogen) atoms. The van der Waals surface area contributed by atoms with Gasteiger partial charge in [0.2, 0.25) is 5.88 Å². The van der Waals surface area contributed by atoms with Crippen LogP contribution < -0.4 is 15.4 Å². The Labute approximate surface area is 96.4 Å². The van der Waals surface area contributed by atoms with E-state index >= 15 is 0 Å². The fourth-order valence-corrected chi connectivity index (χ4v) is 2.03. The first-order chi connectivity index (χ1) is 7.79. The van der Waals surface area contributed by atoms with Crippen LogP contribution in [0.4, 0.5) is 5.82 Å². The van der Waals surface area contributed by atoms with Crippen molar-refractivity contribution in [2.45, 2.75) is 25.8 Å². The van der Waals surface area contributed by atoms with Crippen molar-refractivity contribution in [3.05, 3.63) is 18.2 Å². The maximum absolute atomic E-state index is 5.96. The molecule has 1 aliphatic rings. The van der Waals surface area contributed by atoms with Gasteiger partial charge in [-0.1, -0.05) is 6.07 Å². The van der Waals surface area contributed by atoms with E-state index in [1.807, 2.05) is 25.1 Å². The lowest BCUT2D eigenvalue weighted by molar-refractivity contribution is 0.326. The SMILES string of the molecule is CCOc1cccc(N2CCCC(N)C2)n1. The normalized spacial score (nSPS) is 20.9. The molecule has 0 saturated carbocycles. The lowest BCUT2D eigenvalue weighted by Gasteiger charge is -2.31. The van der Waals surface area contributed by atoms with E-state index in [4.69, 9.17) is 10.5 Å². The smallest absolute Gasteiger partial charge is 0.215 e. The maximum Gasteiger partial charge on any atom is 0.215 e. The number of piperidine rings is 1. The van der Waals surface area contributed by atoms with E-state index in [-0.39, 0.29) is 6.04 Å². The lowest BCUT2D eigenvalue weighted by Crippen LogP contribution is -2.43. The van der Waals surface area contributed by atoms with Crippen LogP contribution in [-0.2, 0) is 0 Å². The van der Waals surface area contributed by atoms with E-state index in [1.54, 1.807) is 0 Å². The number of hydrogen-bond donors (Lipinski definition) is 1. The van der Waals surface area contributed by atoms with Crippen molar-refractivity contribution in [2.24, 2.45) is 5.73 Å². The van der Waals surface area contributed by atoms with Gasteiger partial charge in [-0.05, 0) is 25.8 Å². The first-order valence-electron chi connectivity index (χ1n) is 5.90. The molecule has 2 rings (SSSR count). The van der Waals surface area contributed by atoms with Crippen LogP contribution >= 0.6 is 0 Å². The molecule has 0 aliphatic carbocycles. The van der Waals surface area contributed by atoms with Gasteiger partial charge >= 0.3 is 0 Å². The molecule has 0 bridgehead atoms. The van der Waals surface area contributed by atoms with E-state index in [1.165, 1.54) is 0 Å². The minimum absolute atomic E-state index is 0.270. The second-order valence-electron chi connectivity index (χ2n) is 4.12. The second-order valence-corrected chi connectivity index (χ2v) is 4.12. The third-order valence-electron chi connectivity index (χ3n) is 2.78. The first kappa shape index (κ1) is 11.2. The predicted molar refractivity (Wildman–Crippen MR) is 64.8 cm³/mol. The molecule has 1 unspecified atom stereocenters. The van der Waals surface area contributed by atoms with Crippen molar-refractivity contribution in [2.75, 3.05) is 24.6 Å². The molecule has 4 heteroatoms. The molecule has 1 saturated heterocycles. The summed E-state index contributed by atoms with van der Waals surface area (Å²) in [5, 5.41) is 0. The van der Waals surface area contributed by atoms with Gasteiger partial charge in [-0.3, -0.25) is 0 Å². The highest BCUT2D eigenvalue weighted by Gasteiger charge is 2.17. The van der Waals surface area contributed by atoms with Crippen LogP contribution in [0.1, 0.15) is 19.8 Å². The second kappa shape index (κ2) is 5.16. The van der Waals surface area contributed by atoms with Crippen molar-refractivity contribution < 1.29 is 4.74 Å². The number of aromatic nitrogens is 1. The van der Waals surface area contributed by atoms with E-state index in [0.29, 0.717) is 12.5 Å².